The van der Waals surface area contributed by atoms with Crippen LogP contribution < -0.4 is 0 Å². The highest BCUT2D eigenvalue weighted by Crippen LogP contribution is 2.15. The lowest BCUT2D eigenvalue weighted by Gasteiger charge is -2.17. The summed E-state index contributed by atoms with van der Waals surface area (Å²) in [6.45, 7) is 4.50. The van der Waals surface area contributed by atoms with Crippen molar-refractivity contribution in [2.45, 2.75) is 142 Å². The van der Waals surface area contributed by atoms with E-state index in [4.69, 9.17) is 0 Å². The standard InChI is InChI=1S/C22H46O2/c1-3-5-7-9-11-12-14-16-18-20-22(24)21(23)19-17-15-13-10-8-6-4-2/h21-24H,3-20H2,1-2H3. The van der Waals surface area contributed by atoms with Crippen molar-refractivity contribution in [3.63, 3.8) is 0 Å². The quantitative estimate of drug-likeness (QED) is 0.254. The van der Waals surface area contributed by atoms with Gasteiger partial charge in [0, 0.05) is 0 Å². The maximum Gasteiger partial charge on any atom is 0.0799 e. The van der Waals surface area contributed by atoms with Gasteiger partial charge in [0.2, 0.25) is 0 Å². The van der Waals surface area contributed by atoms with Gasteiger partial charge < -0.3 is 10.2 Å². The summed E-state index contributed by atoms with van der Waals surface area (Å²) in [7, 11) is 0. The number of aliphatic hydroxyl groups excluding tert-OH is 2. The molecule has 0 aromatic carbocycles. The zero-order chi connectivity index (χ0) is 17.9. The average Bonchev–Trinajstić information content (AvgIpc) is 2.59. The molecule has 0 saturated carbocycles. The van der Waals surface area contributed by atoms with Crippen LogP contribution in [0.4, 0.5) is 0 Å². The summed E-state index contributed by atoms with van der Waals surface area (Å²) >= 11 is 0. The van der Waals surface area contributed by atoms with Gasteiger partial charge in [-0.3, -0.25) is 0 Å². The summed E-state index contributed by atoms with van der Waals surface area (Å²) in [5, 5.41) is 20.1. The smallest absolute Gasteiger partial charge is 0.0799 e. The molecule has 0 aliphatic carbocycles. The van der Waals surface area contributed by atoms with Gasteiger partial charge in [-0.25, -0.2) is 0 Å². The summed E-state index contributed by atoms with van der Waals surface area (Å²) in [6.07, 6.45) is 21.1. The third-order valence-corrected chi connectivity index (χ3v) is 5.15. The molecule has 0 bridgehead atoms. The van der Waals surface area contributed by atoms with Gasteiger partial charge in [-0.15, -0.1) is 0 Å². The summed E-state index contributed by atoms with van der Waals surface area (Å²) in [6, 6.07) is 0. The Labute approximate surface area is 152 Å². The van der Waals surface area contributed by atoms with E-state index in [-0.39, 0.29) is 0 Å². The molecule has 0 heterocycles. The highest BCUT2D eigenvalue weighted by Gasteiger charge is 2.15. The highest BCUT2D eigenvalue weighted by molar-refractivity contribution is 4.67. The van der Waals surface area contributed by atoms with Crippen LogP contribution in [0.3, 0.4) is 0 Å². The molecule has 0 radical (unpaired) electrons. The topological polar surface area (TPSA) is 40.5 Å². The normalized spacial score (nSPS) is 14.0. The second kappa shape index (κ2) is 19.2. The van der Waals surface area contributed by atoms with E-state index in [0.717, 1.165) is 25.7 Å². The molecule has 24 heavy (non-hydrogen) atoms. The molecule has 0 fully saturated rings. The van der Waals surface area contributed by atoms with Crippen molar-refractivity contribution in [1.82, 2.24) is 0 Å². The average molecular weight is 343 g/mol. The van der Waals surface area contributed by atoms with Gasteiger partial charge in [0.25, 0.3) is 0 Å². The van der Waals surface area contributed by atoms with E-state index in [1.54, 1.807) is 0 Å². The van der Waals surface area contributed by atoms with Gasteiger partial charge in [0.05, 0.1) is 12.2 Å². The van der Waals surface area contributed by atoms with Crippen molar-refractivity contribution >= 4 is 0 Å². The second-order valence-corrected chi connectivity index (χ2v) is 7.66. The molecular weight excluding hydrogens is 296 g/mol. The lowest BCUT2D eigenvalue weighted by molar-refractivity contribution is 0.00711. The largest absolute Gasteiger partial charge is 0.390 e. The number of unbranched alkanes of at least 4 members (excludes halogenated alkanes) is 14. The van der Waals surface area contributed by atoms with Crippen LogP contribution >= 0.6 is 0 Å². The molecule has 0 spiro atoms. The summed E-state index contributed by atoms with van der Waals surface area (Å²) in [4.78, 5) is 0. The van der Waals surface area contributed by atoms with Crippen molar-refractivity contribution in [3.8, 4) is 0 Å². The first-order valence-electron chi connectivity index (χ1n) is 11.1. The first-order valence-corrected chi connectivity index (χ1v) is 11.1. The van der Waals surface area contributed by atoms with Crippen LogP contribution in [0.2, 0.25) is 0 Å². The van der Waals surface area contributed by atoms with Crippen LogP contribution in [0.5, 0.6) is 0 Å². The summed E-state index contributed by atoms with van der Waals surface area (Å²) < 4.78 is 0. The van der Waals surface area contributed by atoms with Gasteiger partial charge in [0.15, 0.2) is 0 Å². The van der Waals surface area contributed by atoms with Crippen molar-refractivity contribution in [1.29, 1.82) is 0 Å². The zero-order valence-corrected chi connectivity index (χ0v) is 16.8. The first-order chi connectivity index (χ1) is 11.7. The molecule has 0 aromatic heterocycles. The number of aliphatic hydroxyl groups is 2. The van der Waals surface area contributed by atoms with Gasteiger partial charge in [-0.1, -0.05) is 117 Å². The van der Waals surface area contributed by atoms with Crippen LogP contribution in [0.25, 0.3) is 0 Å². The molecule has 2 heteroatoms. The Morgan fingerprint density at radius 1 is 0.417 bits per heavy atom. The Morgan fingerprint density at radius 2 is 0.667 bits per heavy atom. The van der Waals surface area contributed by atoms with Crippen LogP contribution in [0.15, 0.2) is 0 Å². The van der Waals surface area contributed by atoms with E-state index in [0.29, 0.717) is 0 Å². The molecule has 2 unspecified atom stereocenters. The summed E-state index contributed by atoms with van der Waals surface area (Å²) in [5.41, 5.74) is 0. The highest BCUT2D eigenvalue weighted by atomic mass is 16.3. The minimum atomic E-state index is -0.505. The predicted octanol–water partition coefficient (Wildman–Crippen LogP) is 6.77. The maximum atomic E-state index is 10.0. The lowest BCUT2D eigenvalue weighted by atomic mass is 9.99. The number of rotatable bonds is 19. The monoisotopic (exact) mass is 342 g/mol. The molecule has 0 rings (SSSR count). The van der Waals surface area contributed by atoms with Crippen molar-refractivity contribution in [3.05, 3.63) is 0 Å². The van der Waals surface area contributed by atoms with E-state index >= 15 is 0 Å². The lowest BCUT2D eigenvalue weighted by Crippen LogP contribution is -2.25. The molecule has 146 valence electrons. The van der Waals surface area contributed by atoms with E-state index in [1.165, 1.54) is 89.9 Å². The molecule has 2 nitrogen and oxygen atoms in total. The van der Waals surface area contributed by atoms with Crippen molar-refractivity contribution in [2.24, 2.45) is 0 Å². The van der Waals surface area contributed by atoms with Crippen molar-refractivity contribution in [2.75, 3.05) is 0 Å². The van der Waals surface area contributed by atoms with Crippen LogP contribution in [0, 0.1) is 0 Å². The number of hydrogen-bond donors (Lipinski definition) is 2. The van der Waals surface area contributed by atoms with Crippen LogP contribution in [-0.2, 0) is 0 Å². The van der Waals surface area contributed by atoms with Gasteiger partial charge in [0.1, 0.15) is 0 Å². The Kier molecular flexibility index (Phi) is 19.2. The molecule has 0 saturated heterocycles. The third-order valence-electron chi connectivity index (χ3n) is 5.15. The Bertz CT molecular complexity index is 230. The molecule has 0 aromatic rings. The number of hydrogen-bond acceptors (Lipinski definition) is 2. The van der Waals surface area contributed by atoms with Crippen LogP contribution in [-0.4, -0.2) is 22.4 Å². The SMILES string of the molecule is CCCCCCCCCCCC(O)C(O)CCCCCCCCC. The van der Waals surface area contributed by atoms with Gasteiger partial charge in [-0.2, -0.15) is 0 Å². The van der Waals surface area contributed by atoms with E-state index in [2.05, 4.69) is 13.8 Å². The summed E-state index contributed by atoms with van der Waals surface area (Å²) in [5.74, 6) is 0. The molecular formula is C22H46O2. The van der Waals surface area contributed by atoms with E-state index in [1.807, 2.05) is 0 Å². The fourth-order valence-corrected chi connectivity index (χ4v) is 3.36. The Hall–Kier alpha value is -0.0800. The third kappa shape index (κ3) is 16.8. The van der Waals surface area contributed by atoms with E-state index in [9.17, 15) is 10.2 Å². The maximum absolute atomic E-state index is 10.0. The second-order valence-electron chi connectivity index (χ2n) is 7.66. The minimum Gasteiger partial charge on any atom is -0.390 e. The van der Waals surface area contributed by atoms with Gasteiger partial charge >= 0.3 is 0 Å². The Balaban J connectivity index is 3.32. The van der Waals surface area contributed by atoms with Gasteiger partial charge in [-0.05, 0) is 12.8 Å². The molecule has 2 atom stereocenters. The molecule has 0 amide bonds. The first kappa shape index (κ1) is 23.9. The zero-order valence-electron chi connectivity index (χ0n) is 16.8. The van der Waals surface area contributed by atoms with Crippen molar-refractivity contribution < 1.29 is 10.2 Å². The van der Waals surface area contributed by atoms with Crippen LogP contribution in [0.1, 0.15) is 129 Å². The molecule has 2 N–H and O–H groups in total. The Morgan fingerprint density at radius 3 is 0.958 bits per heavy atom. The predicted molar refractivity (Wildman–Crippen MR) is 106 cm³/mol. The van der Waals surface area contributed by atoms with E-state index < -0.39 is 12.2 Å². The molecule has 0 aliphatic heterocycles. The molecule has 0 aliphatic rings. The fraction of sp³-hybridized carbons (Fsp3) is 1.00. The minimum absolute atomic E-state index is 0.505. The fourth-order valence-electron chi connectivity index (χ4n) is 3.36.